The number of nitrogens with one attached hydrogen (secondary N) is 1. The number of nitrogen functional groups attached to an aromatic ring is 1. The van der Waals surface area contributed by atoms with E-state index in [2.05, 4.69) is 19.7 Å². The summed E-state index contributed by atoms with van der Waals surface area (Å²) < 4.78 is 75.2. The molecule has 0 radical (unpaired) electrons. The third-order valence-electron chi connectivity index (χ3n) is 6.06. The number of hydrogen-bond donors (Lipinski definition) is 2. The Morgan fingerprint density at radius 3 is 2.42 bits per heavy atom. The summed E-state index contributed by atoms with van der Waals surface area (Å²) in [5.74, 6) is -0.724. The molecule has 2 aromatic heterocycles. The van der Waals surface area contributed by atoms with Crippen LogP contribution >= 0.6 is 0 Å². The molecule has 40 heavy (non-hydrogen) atoms. The number of hydrogen-bond acceptors (Lipinski definition) is 7. The van der Waals surface area contributed by atoms with Crippen LogP contribution in [0.1, 0.15) is 23.1 Å². The molecule has 0 amide bonds. The molecule has 0 unspecified atom stereocenters. The van der Waals surface area contributed by atoms with Crippen molar-refractivity contribution in [3.8, 4) is 22.9 Å². The lowest BCUT2D eigenvalue weighted by molar-refractivity contribution is 0.151. The molecule has 0 saturated carbocycles. The van der Waals surface area contributed by atoms with E-state index in [4.69, 9.17) is 10.5 Å². The van der Waals surface area contributed by atoms with Crippen molar-refractivity contribution in [3.63, 3.8) is 0 Å². The van der Waals surface area contributed by atoms with E-state index >= 15 is 4.39 Å². The smallest absolute Gasteiger partial charge is 0.263 e. The molecule has 0 spiro atoms. The van der Waals surface area contributed by atoms with Crippen molar-refractivity contribution in [2.45, 2.75) is 19.1 Å². The van der Waals surface area contributed by atoms with E-state index in [9.17, 15) is 17.2 Å². The Morgan fingerprint density at radius 1 is 0.950 bits per heavy atom. The second kappa shape index (κ2) is 10.8. The second-order valence-corrected chi connectivity index (χ2v) is 10.6. The first kappa shape index (κ1) is 26.9. The Morgan fingerprint density at radius 2 is 1.70 bits per heavy atom. The van der Waals surface area contributed by atoms with Gasteiger partial charge in [0.05, 0.1) is 22.7 Å². The number of aromatic nitrogens is 3. The van der Waals surface area contributed by atoms with E-state index in [1.807, 2.05) is 0 Å². The molecule has 0 bridgehead atoms. The van der Waals surface area contributed by atoms with Gasteiger partial charge in [0, 0.05) is 28.7 Å². The van der Waals surface area contributed by atoms with E-state index in [-0.39, 0.29) is 34.0 Å². The fraction of sp³-hybridized carbons (Fsp3) is 0.107. The molecule has 3 aromatic carbocycles. The highest BCUT2D eigenvalue weighted by molar-refractivity contribution is 7.91. The number of sulfonamides is 1. The molecule has 8 nitrogen and oxygen atoms in total. The van der Waals surface area contributed by atoms with Crippen molar-refractivity contribution in [1.82, 2.24) is 15.0 Å². The number of rotatable bonds is 8. The molecule has 5 rings (SSSR count). The minimum Gasteiger partial charge on any atom is -0.437 e. The highest BCUT2D eigenvalue weighted by Crippen LogP contribution is 2.39. The fourth-order valence-corrected chi connectivity index (χ4v) is 5.38. The van der Waals surface area contributed by atoms with Crippen molar-refractivity contribution >= 4 is 32.4 Å². The van der Waals surface area contributed by atoms with Crippen LogP contribution < -0.4 is 15.2 Å². The van der Waals surface area contributed by atoms with Crippen LogP contribution in [0.4, 0.5) is 24.8 Å². The molecule has 0 aliphatic heterocycles. The number of halogens is 3. The highest BCUT2D eigenvalue weighted by Gasteiger charge is 2.21. The maximum atomic E-state index is 15.0. The van der Waals surface area contributed by atoms with Gasteiger partial charge in [-0.05, 0) is 48.4 Å². The second-order valence-electron chi connectivity index (χ2n) is 8.89. The van der Waals surface area contributed by atoms with Crippen LogP contribution in [0.3, 0.4) is 0 Å². The van der Waals surface area contributed by atoms with Crippen LogP contribution in [-0.2, 0) is 15.8 Å². The summed E-state index contributed by atoms with van der Waals surface area (Å²) in [4.78, 5) is 12.5. The zero-order valence-corrected chi connectivity index (χ0v) is 21.8. The Hall–Kier alpha value is -4.71. The predicted octanol–water partition coefficient (Wildman–Crippen LogP) is 6.39. The number of ether oxygens (including phenoxy) is 1. The molecule has 5 aromatic rings. The number of benzene rings is 3. The van der Waals surface area contributed by atoms with Crippen molar-refractivity contribution in [3.05, 3.63) is 102 Å². The van der Waals surface area contributed by atoms with E-state index in [0.717, 1.165) is 18.2 Å². The minimum atomic E-state index is -4.12. The van der Waals surface area contributed by atoms with Crippen LogP contribution in [-0.4, -0.2) is 23.4 Å². The molecule has 2 heterocycles. The minimum absolute atomic E-state index is 0.0750. The standard InChI is InChI=1S/C28H22F3N5O3S/c1-16-4-9-19-20(25(16)39-27-21(3-2-13-33-27)23-12-14-34-28(32)35-23)10-11-22(29)24(19)36-40(37,38)15-17-5-7-18(8-6-17)26(30)31/h2-14,26,36H,15H2,1H3,(H2,32,34,35). The SMILES string of the molecule is Cc1ccc2c(NS(=O)(=O)Cc3ccc(C(F)F)cc3)c(F)ccc2c1Oc1ncccc1-c1ccnc(N)n1. The summed E-state index contributed by atoms with van der Waals surface area (Å²) in [6, 6.07) is 15.9. The molecule has 204 valence electrons. The monoisotopic (exact) mass is 565 g/mol. The maximum absolute atomic E-state index is 15.0. The molecule has 0 aliphatic carbocycles. The number of nitrogens with two attached hydrogens (primary N) is 1. The van der Waals surface area contributed by atoms with Gasteiger partial charge in [0.15, 0.2) is 0 Å². The lowest BCUT2D eigenvalue weighted by Gasteiger charge is -2.17. The fourth-order valence-electron chi connectivity index (χ4n) is 4.16. The van der Waals surface area contributed by atoms with Gasteiger partial charge in [-0.2, -0.15) is 0 Å². The first-order valence-electron chi connectivity index (χ1n) is 11.9. The summed E-state index contributed by atoms with van der Waals surface area (Å²) in [7, 11) is -4.12. The van der Waals surface area contributed by atoms with E-state index in [1.54, 1.807) is 37.3 Å². The lowest BCUT2D eigenvalue weighted by atomic mass is 10.0. The predicted molar refractivity (Wildman–Crippen MR) is 146 cm³/mol. The van der Waals surface area contributed by atoms with Crippen LogP contribution in [0, 0.1) is 12.7 Å². The van der Waals surface area contributed by atoms with Crippen LogP contribution in [0.25, 0.3) is 22.0 Å². The molecular weight excluding hydrogens is 543 g/mol. The van der Waals surface area contributed by atoms with Gasteiger partial charge >= 0.3 is 0 Å². The molecule has 0 saturated heterocycles. The van der Waals surface area contributed by atoms with Gasteiger partial charge < -0.3 is 10.5 Å². The van der Waals surface area contributed by atoms with Gasteiger partial charge in [-0.1, -0.05) is 36.4 Å². The summed E-state index contributed by atoms with van der Waals surface area (Å²) in [5.41, 5.74) is 7.22. The normalized spacial score (nSPS) is 11.6. The Balaban J connectivity index is 1.51. The zero-order valence-electron chi connectivity index (χ0n) is 21.0. The summed E-state index contributed by atoms with van der Waals surface area (Å²) >= 11 is 0. The first-order chi connectivity index (χ1) is 19.1. The molecule has 0 fully saturated rings. The molecule has 3 N–H and O–H groups in total. The van der Waals surface area contributed by atoms with Crippen molar-refractivity contribution in [2.75, 3.05) is 10.5 Å². The quantitative estimate of drug-likeness (QED) is 0.224. The first-order valence-corrected chi connectivity index (χ1v) is 13.6. The van der Waals surface area contributed by atoms with Gasteiger partial charge in [-0.15, -0.1) is 0 Å². The summed E-state index contributed by atoms with van der Waals surface area (Å²) in [6.45, 7) is 1.79. The van der Waals surface area contributed by atoms with Crippen molar-refractivity contribution < 1.29 is 26.3 Å². The van der Waals surface area contributed by atoms with Crippen molar-refractivity contribution in [1.29, 1.82) is 0 Å². The Labute approximate surface area is 227 Å². The average molecular weight is 566 g/mol. The largest absolute Gasteiger partial charge is 0.437 e. The molecule has 0 atom stereocenters. The Kier molecular flexibility index (Phi) is 7.26. The number of anilines is 2. The number of alkyl halides is 2. The molecule has 0 aliphatic rings. The number of pyridine rings is 1. The number of nitrogens with zero attached hydrogens (tertiary/aromatic N) is 3. The van der Waals surface area contributed by atoms with Crippen molar-refractivity contribution in [2.24, 2.45) is 0 Å². The molecular formula is C28H22F3N5O3S. The number of aryl methyl sites for hydroxylation is 1. The van der Waals surface area contributed by atoms with Crippen LogP contribution in [0.5, 0.6) is 11.6 Å². The lowest BCUT2D eigenvalue weighted by Crippen LogP contribution is -2.16. The van der Waals surface area contributed by atoms with E-state index in [1.165, 1.54) is 30.6 Å². The maximum Gasteiger partial charge on any atom is 0.263 e. The number of fused-ring (bicyclic) bond motifs is 1. The third-order valence-corrected chi connectivity index (χ3v) is 7.29. The van der Waals surface area contributed by atoms with Crippen LogP contribution in [0.2, 0.25) is 0 Å². The summed E-state index contributed by atoms with van der Waals surface area (Å²) in [6.07, 6.45) is 0.373. The average Bonchev–Trinajstić information content (AvgIpc) is 2.92. The van der Waals surface area contributed by atoms with E-state index < -0.39 is 28.0 Å². The van der Waals surface area contributed by atoms with Gasteiger partial charge in [0.25, 0.3) is 6.43 Å². The van der Waals surface area contributed by atoms with Gasteiger partial charge in [-0.3, -0.25) is 4.72 Å². The van der Waals surface area contributed by atoms with Gasteiger partial charge in [0.1, 0.15) is 11.6 Å². The highest BCUT2D eigenvalue weighted by atomic mass is 32.2. The van der Waals surface area contributed by atoms with E-state index in [0.29, 0.717) is 28.0 Å². The third kappa shape index (κ3) is 5.66. The van der Waals surface area contributed by atoms with Gasteiger partial charge in [-0.25, -0.2) is 36.5 Å². The topological polar surface area (TPSA) is 120 Å². The molecule has 12 heteroatoms. The Bertz CT molecular complexity index is 1820. The van der Waals surface area contributed by atoms with Crippen LogP contribution in [0.15, 0.2) is 79.1 Å². The van der Waals surface area contributed by atoms with Gasteiger partial charge in [0.2, 0.25) is 21.9 Å². The summed E-state index contributed by atoms with van der Waals surface area (Å²) in [5, 5.41) is 0.681. The zero-order chi connectivity index (χ0) is 28.4.